The summed E-state index contributed by atoms with van der Waals surface area (Å²) in [7, 11) is -3.02. The van der Waals surface area contributed by atoms with Gasteiger partial charge in [0.1, 0.15) is 11.4 Å². The summed E-state index contributed by atoms with van der Waals surface area (Å²) in [6.45, 7) is -0.276. The number of carbonyl (C=O) groups is 2. The summed E-state index contributed by atoms with van der Waals surface area (Å²) in [6, 6.07) is 11.8. The number of esters is 1. The van der Waals surface area contributed by atoms with E-state index in [2.05, 4.69) is 4.74 Å². The van der Waals surface area contributed by atoms with Crippen LogP contribution >= 0.6 is 0 Å². The van der Waals surface area contributed by atoms with Gasteiger partial charge in [-0.3, -0.25) is 14.8 Å². The molecule has 0 spiro atoms. The van der Waals surface area contributed by atoms with Crippen LogP contribution in [0.3, 0.4) is 0 Å². The topological polar surface area (TPSA) is 113 Å². The lowest BCUT2D eigenvalue weighted by Crippen LogP contribution is -2.59. The first-order valence-electron chi connectivity index (χ1n) is 10.1. The second-order valence-electron chi connectivity index (χ2n) is 7.61. The Labute approximate surface area is 186 Å². The number of benzene rings is 2. The van der Waals surface area contributed by atoms with Crippen molar-refractivity contribution in [2.45, 2.75) is 42.5 Å². The molecule has 0 bridgehead atoms. The van der Waals surface area contributed by atoms with Gasteiger partial charge in [0.15, 0.2) is 0 Å². The van der Waals surface area contributed by atoms with Crippen molar-refractivity contribution >= 4 is 21.9 Å². The molecule has 2 aromatic carbocycles. The minimum Gasteiger partial charge on any atom is -0.469 e. The molecule has 0 unspecified atom stereocenters. The maximum atomic E-state index is 13.6. The largest absolute Gasteiger partial charge is 0.469 e. The van der Waals surface area contributed by atoms with Crippen LogP contribution in [0.1, 0.15) is 32.1 Å². The zero-order valence-electron chi connectivity index (χ0n) is 17.6. The molecule has 1 aliphatic rings. The lowest BCUT2D eigenvalue weighted by atomic mass is 9.96. The molecule has 1 fully saturated rings. The van der Waals surface area contributed by atoms with Gasteiger partial charge in [0.25, 0.3) is 5.91 Å². The van der Waals surface area contributed by atoms with Crippen molar-refractivity contribution in [2.24, 2.45) is 0 Å². The van der Waals surface area contributed by atoms with Crippen LogP contribution in [0.25, 0.3) is 11.1 Å². The van der Waals surface area contributed by atoms with Gasteiger partial charge in [0.05, 0.1) is 18.4 Å². The molecule has 8 nitrogen and oxygen atoms in total. The first-order chi connectivity index (χ1) is 15.2. The smallest absolute Gasteiger partial charge is 0.306 e. The fourth-order valence-corrected chi connectivity index (χ4v) is 5.89. The number of halogens is 1. The molecule has 0 aromatic heterocycles. The number of hydrogen-bond donors (Lipinski definition) is 2. The summed E-state index contributed by atoms with van der Waals surface area (Å²) in [5.41, 5.74) is 1.50. The number of carbonyl (C=O) groups excluding carboxylic acids is 2. The second-order valence-corrected chi connectivity index (χ2v) is 9.48. The lowest BCUT2D eigenvalue weighted by molar-refractivity contribution is -0.143. The third-order valence-electron chi connectivity index (χ3n) is 5.80. The highest BCUT2D eigenvalue weighted by atomic mass is 32.2. The predicted octanol–water partition coefficient (Wildman–Crippen LogP) is 2.86. The molecule has 1 saturated carbocycles. The van der Waals surface area contributed by atoms with E-state index in [1.807, 2.05) is 0 Å². The average molecular weight is 465 g/mol. The minimum absolute atomic E-state index is 0.0646. The highest BCUT2D eigenvalue weighted by Crippen LogP contribution is 2.39. The van der Waals surface area contributed by atoms with Gasteiger partial charge in [0, 0.05) is 6.54 Å². The number of nitrogens with one attached hydrogen (secondary N) is 1. The van der Waals surface area contributed by atoms with E-state index >= 15 is 0 Å². The van der Waals surface area contributed by atoms with Crippen LogP contribution in [-0.2, 0) is 24.3 Å². The van der Waals surface area contributed by atoms with E-state index < -0.39 is 27.4 Å². The van der Waals surface area contributed by atoms with Crippen LogP contribution in [0.2, 0.25) is 0 Å². The van der Waals surface area contributed by atoms with Gasteiger partial charge < -0.3 is 4.74 Å². The SMILES string of the molecule is COC(=O)CCN(C1(C(=O)NO)CCCC1)S(=O)(=O)c1ccc(-c2ccc(F)cc2)cc1. The van der Waals surface area contributed by atoms with Gasteiger partial charge in [-0.05, 0) is 48.2 Å². The third kappa shape index (κ3) is 4.67. The fourth-order valence-electron chi connectivity index (χ4n) is 4.10. The van der Waals surface area contributed by atoms with Crippen LogP contribution in [0, 0.1) is 5.82 Å². The van der Waals surface area contributed by atoms with Crippen molar-refractivity contribution in [3.05, 3.63) is 54.3 Å². The summed E-state index contributed by atoms with van der Waals surface area (Å²) in [5, 5.41) is 9.31. The van der Waals surface area contributed by atoms with Crippen LogP contribution in [0.5, 0.6) is 0 Å². The molecule has 0 saturated heterocycles. The highest BCUT2D eigenvalue weighted by Gasteiger charge is 2.51. The van der Waals surface area contributed by atoms with Crippen molar-refractivity contribution in [1.29, 1.82) is 0 Å². The standard InChI is InChI=1S/C22H25FN2O6S/c1-31-20(26)12-15-25(22(21(27)24-28)13-2-3-14-22)32(29,30)19-10-6-17(7-11-19)16-4-8-18(23)9-5-16/h4-11,28H,2-3,12-15H2,1H3,(H,24,27). The first-order valence-corrected chi connectivity index (χ1v) is 11.6. The van der Waals surface area contributed by atoms with Gasteiger partial charge in [-0.25, -0.2) is 18.3 Å². The Bertz CT molecular complexity index is 1060. The van der Waals surface area contributed by atoms with Crippen molar-refractivity contribution in [3.63, 3.8) is 0 Å². The molecular formula is C22H25FN2O6S. The number of nitrogens with zero attached hydrogens (tertiary/aromatic N) is 1. The minimum atomic E-state index is -4.21. The summed E-state index contributed by atoms with van der Waals surface area (Å²) in [4.78, 5) is 24.3. The summed E-state index contributed by atoms with van der Waals surface area (Å²) < 4.78 is 46.0. The number of ether oxygens (including phenoxy) is 1. The zero-order valence-corrected chi connectivity index (χ0v) is 18.4. The molecule has 1 aliphatic carbocycles. The van der Waals surface area contributed by atoms with E-state index in [9.17, 15) is 27.6 Å². The van der Waals surface area contributed by atoms with Gasteiger partial charge in [-0.2, -0.15) is 4.31 Å². The Morgan fingerprint density at radius 2 is 1.59 bits per heavy atom. The molecule has 2 N–H and O–H groups in total. The quantitative estimate of drug-likeness (QED) is 0.353. The van der Waals surface area contributed by atoms with E-state index in [4.69, 9.17) is 0 Å². The second kappa shape index (κ2) is 9.76. The molecule has 172 valence electrons. The number of amides is 1. The molecule has 2 aromatic rings. The highest BCUT2D eigenvalue weighted by molar-refractivity contribution is 7.89. The molecule has 32 heavy (non-hydrogen) atoms. The maximum Gasteiger partial charge on any atom is 0.306 e. The van der Waals surface area contributed by atoms with Crippen molar-refractivity contribution < 1.29 is 32.3 Å². The van der Waals surface area contributed by atoms with Gasteiger partial charge in [0.2, 0.25) is 10.0 Å². The first kappa shape index (κ1) is 23.8. The number of hydroxylamine groups is 1. The fraction of sp³-hybridized carbons (Fsp3) is 0.364. The van der Waals surface area contributed by atoms with E-state index in [-0.39, 0.29) is 36.5 Å². The van der Waals surface area contributed by atoms with E-state index in [1.165, 1.54) is 31.4 Å². The van der Waals surface area contributed by atoms with Gasteiger partial charge >= 0.3 is 5.97 Å². The summed E-state index contributed by atoms with van der Waals surface area (Å²) in [5.74, 6) is -1.82. The van der Waals surface area contributed by atoms with Gasteiger partial charge in [-0.1, -0.05) is 37.1 Å². The van der Waals surface area contributed by atoms with Crippen molar-refractivity contribution in [1.82, 2.24) is 9.79 Å². The zero-order chi connectivity index (χ0) is 23.4. The Morgan fingerprint density at radius 1 is 1.06 bits per heavy atom. The molecule has 0 heterocycles. The molecule has 0 aliphatic heterocycles. The predicted molar refractivity (Wildman–Crippen MR) is 113 cm³/mol. The number of sulfonamides is 1. The Morgan fingerprint density at radius 3 is 2.09 bits per heavy atom. The van der Waals surface area contributed by atoms with Crippen LogP contribution in [0.4, 0.5) is 4.39 Å². The van der Waals surface area contributed by atoms with Crippen LogP contribution < -0.4 is 5.48 Å². The molecule has 0 radical (unpaired) electrons. The van der Waals surface area contributed by atoms with Gasteiger partial charge in [-0.15, -0.1) is 0 Å². The van der Waals surface area contributed by atoms with Crippen molar-refractivity contribution in [3.8, 4) is 11.1 Å². The van der Waals surface area contributed by atoms with Crippen LogP contribution in [0.15, 0.2) is 53.4 Å². The lowest BCUT2D eigenvalue weighted by Gasteiger charge is -2.38. The van der Waals surface area contributed by atoms with Crippen LogP contribution in [-0.4, -0.2) is 49.0 Å². The van der Waals surface area contributed by atoms with E-state index in [0.717, 1.165) is 4.31 Å². The van der Waals surface area contributed by atoms with E-state index in [0.29, 0.717) is 24.0 Å². The monoisotopic (exact) mass is 464 g/mol. The molecule has 1 amide bonds. The Balaban J connectivity index is 1.99. The Kier molecular flexibility index (Phi) is 7.27. The number of hydrogen-bond acceptors (Lipinski definition) is 6. The third-order valence-corrected chi connectivity index (χ3v) is 7.78. The van der Waals surface area contributed by atoms with Crippen molar-refractivity contribution in [2.75, 3.05) is 13.7 Å². The molecule has 0 atom stereocenters. The Hall–Kier alpha value is -2.82. The average Bonchev–Trinajstić information content (AvgIpc) is 3.29. The number of methoxy groups -OCH3 is 1. The van der Waals surface area contributed by atoms with E-state index in [1.54, 1.807) is 29.7 Å². The molecule has 10 heteroatoms. The molecular weight excluding hydrogens is 439 g/mol. The number of rotatable bonds is 8. The maximum absolute atomic E-state index is 13.6. The summed E-state index contributed by atoms with van der Waals surface area (Å²) in [6.07, 6.45) is 1.38. The molecule has 3 rings (SSSR count). The normalized spacial score (nSPS) is 15.5. The summed E-state index contributed by atoms with van der Waals surface area (Å²) >= 11 is 0.